The van der Waals surface area contributed by atoms with Crippen molar-refractivity contribution < 1.29 is 19.4 Å². The number of aliphatic hydroxyl groups excluding tert-OH is 1. The van der Waals surface area contributed by atoms with Crippen molar-refractivity contribution >= 4 is 5.91 Å². The number of aliphatic hydroxyl groups is 1. The lowest BCUT2D eigenvalue weighted by Gasteiger charge is -2.26. The Bertz CT molecular complexity index is 417. The predicted molar refractivity (Wildman–Crippen MR) is 65.7 cm³/mol. The molecule has 0 bridgehead atoms. The van der Waals surface area contributed by atoms with Crippen LogP contribution in [0.2, 0.25) is 0 Å². The fourth-order valence-electron chi connectivity index (χ4n) is 1.72. The summed E-state index contributed by atoms with van der Waals surface area (Å²) in [6.45, 7) is 2.01. The minimum atomic E-state index is -0.666. The Hall–Kier alpha value is -1.75. The van der Waals surface area contributed by atoms with Crippen LogP contribution in [0, 0.1) is 0 Å². The van der Waals surface area contributed by atoms with Gasteiger partial charge in [0, 0.05) is 0 Å². The molecule has 18 heavy (non-hydrogen) atoms. The van der Waals surface area contributed by atoms with Crippen molar-refractivity contribution in [3.8, 4) is 11.5 Å². The van der Waals surface area contributed by atoms with Gasteiger partial charge in [-0.1, -0.05) is 19.1 Å². The average molecular weight is 251 g/mol. The van der Waals surface area contributed by atoms with Crippen LogP contribution in [0.4, 0.5) is 0 Å². The van der Waals surface area contributed by atoms with Gasteiger partial charge in [0.25, 0.3) is 5.91 Å². The molecule has 0 aromatic heterocycles. The van der Waals surface area contributed by atoms with E-state index in [0.717, 1.165) is 0 Å². The normalized spacial score (nSPS) is 19.1. The zero-order valence-electron chi connectivity index (χ0n) is 10.3. The zero-order chi connectivity index (χ0) is 13.0. The van der Waals surface area contributed by atoms with Gasteiger partial charge in [-0.3, -0.25) is 4.79 Å². The fourth-order valence-corrected chi connectivity index (χ4v) is 1.72. The van der Waals surface area contributed by atoms with E-state index in [2.05, 4.69) is 5.32 Å². The van der Waals surface area contributed by atoms with Gasteiger partial charge in [0.05, 0.1) is 12.6 Å². The summed E-state index contributed by atoms with van der Waals surface area (Å²) in [6, 6.07) is 7.00. The van der Waals surface area contributed by atoms with Crippen LogP contribution in [-0.2, 0) is 4.79 Å². The maximum atomic E-state index is 11.9. The van der Waals surface area contributed by atoms with Gasteiger partial charge in [-0.15, -0.1) is 0 Å². The summed E-state index contributed by atoms with van der Waals surface area (Å²) in [5, 5.41) is 11.8. The van der Waals surface area contributed by atoms with E-state index in [9.17, 15) is 4.79 Å². The SMILES string of the molecule is CC[C@H](CO)NC(=O)[C@@H]1COc2ccccc2O1. The number of para-hydroxylation sites is 2. The van der Waals surface area contributed by atoms with Gasteiger partial charge in [0.1, 0.15) is 6.61 Å². The largest absolute Gasteiger partial charge is 0.485 e. The smallest absolute Gasteiger partial charge is 0.264 e. The second-order valence-electron chi connectivity index (χ2n) is 4.16. The molecule has 0 fully saturated rings. The molecule has 5 nitrogen and oxygen atoms in total. The molecule has 98 valence electrons. The highest BCUT2D eigenvalue weighted by atomic mass is 16.6. The topological polar surface area (TPSA) is 67.8 Å². The summed E-state index contributed by atoms with van der Waals surface area (Å²) in [4.78, 5) is 11.9. The van der Waals surface area contributed by atoms with E-state index in [1.165, 1.54) is 0 Å². The third-order valence-corrected chi connectivity index (χ3v) is 2.86. The molecule has 0 saturated heterocycles. The van der Waals surface area contributed by atoms with Gasteiger partial charge in [-0.2, -0.15) is 0 Å². The van der Waals surface area contributed by atoms with Gasteiger partial charge in [-0.05, 0) is 18.6 Å². The van der Waals surface area contributed by atoms with Crippen molar-refractivity contribution in [3.05, 3.63) is 24.3 Å². The first-order valence-electron chi connectivity index (χ1n) is 6.04. The number of rotatable bonds is 4. The highest BCUT2D eigenvalue weighted by Gasteiger charge is 2.28. The lowest BCUT2D eigenvalue weighted by Crippen LogP contribution is -2.48. The van der Waals surface area contributed by atoms with E-state index < -0.39 is 6.10 Å². The van der Waals surface area contributed by atoms with Crippen molar-refractivity contribution in [2.45, 2.75) is 25.5 Å². The number of ether oxygens (including phenoxy) is 2. The minimum absolute atomic E-state index is 0.0770. The number of carbonyl (C=O) groups excluding carboxylic acids is 1. The highest BCUT2D eigenvalue weighted by Crippen LogP contribution is 2.30. The van der Waals surface area contributed by atoms with E-state index >= 15 is 0 Å². The van der Waals surface area contributed by atoms with Crippen LogP contribution in [-0.4, -0.2) is 36.4 Å². The molecule has 2 atom stereocenters. The van der Waals surface area contributed by atoms with Gasteiger partial charge >= 0.3 is 0 Å². The summed E-state index contributed by atoms with van der Waals surface area (Å²) < 4.78 is 11.0. The first-order chi connectivity index (χ1) is 8.74. The van der Waals surface area contributed by atoms with E-state index in [1.54, 1.807) is 12.1 Å². The van der Waals surface area contributed by atoms with Crippen LogP contribution in [0.15, 0.2) is 24.3 Å². The zero-order valence-corrected chi connectivity index (χ0v) is 10.3. The second kappa shape index (κ2) is 5.73. The predicted octanol–water partition coefficient (Wildman–Crippen LogP) is 0.713. The van der Waals surface area contributed by atoms with Crippen molar-refractivity contribution in [2.75, 3.05) is 13.2 Å². The molecule has 1 aliphatic rings. The number of nitrogens with one attached hydrogen (secondary N) is 1. The molecule has 1 aromatic rings. The molecule has 0 unspecified atom stereocenters. The van der Waals surface area contributed by atoms with Crippen LogP contribution in [0.25, 0.3) is 0 Å². The number of carbonyl (C=O) groups is 1. The van der Waals surface area contributed by atoms with E-state index in [1.807, 2.05) is 19.1 Å². The van der Waals surface area contributed by atoms with Gasteiger partial charge in [-0.25, -0.2) is 0 Å². The maximum absolute atomic E-state index is 11.9. The van der Waals surface area contributed by atoms with Crippen LogP contribution in [0.5, 0.6) is 11.5 Å². The first-order valence-corrected chi connectivity index (χ1v) is 6.04. The van der Waals surface area contributed by atoms with Crippen molar-refractivity contribution in [1.29, 1.82) is 0 Å². The summed E-state index contributed by atoms with van der Waals surface area (Å²) in [5.41, 5.74) is 0. The van der Waals surface area contributed by atoms with Crippen LogP contribution < -0.4 is 14.8 Å². The van der Waals surface area contributed by atoms with Crippen LogP contribution in [0.1, 0.15) is 13.3 Å². The van der Waals surface area contributed by atoms with Crippen molar-refractivity contribution in [3.63, 3.8) is 0 Å². The molecule has 0 saturated carbocycles. The Morgan fingerprint density at radius 3 is 2.89 bits per heavy atom. The molecular formula is C13H17NO4. The summed E-state index contributed by atoms with van der Waals surface area (Å²) >= 11 is 0. The monoisotopic (exact) mass is 251 g/mol. The molecule has 2 N–H and O–H groups in total. The van der Waals surface area contributed by atoms with E-state index in [-0.39, 0.29) is 25.2 Å². The number of fused-ring (bicyclic) bond motifs is 1. The van der Waals surface area contributed by atoms with E-state index in [4.69, 9.17) is 14.6 Å². The number of benzene rings is 1. The van der Waals surface area contributed by atoms with Gasteiger partial charge in [0.2, 0.25) is 6.10 Å². The summed E-state index contributed by atoms with van der Waals surface area (Å²) in [6.07, 6.45) is 0.00682. The third-order valence-electron chi connectivity index (χ3n) is 2.86. The Morgan fingerprint density at radius 2 is 2.22 bits per heavy atom. The summed E-state index contributed by atoms with van der Waals surface area (Å²) in [5.74, 6) is 0.960. The van der Waals surface area contributed by atoms with E-state index in [0.29, 0.717) is 17.9 Å². The molecule has 1 amide bonds. The Morgan fingerprint density at radius 1 is 1.50 bits per heavy atom. The molecule has 0 aliphatic carbocycles. The second-order valence-corrected chi connectivity index (χ2v) is 4.16. The molecule has 0 spiro atoms. The molecule has 5 heteroatoms. The standard InChI is InChI=1S/C13H17NO4/c1-2-9(7-15)14-13(16)12-8-17-10-5-3-4-6-11(10)18-12/h3-6,9,12,15H,2,7-8H2,1H3,(H,14,16)/t9-,12+/m1/s1. The molecular weight excluding hydrogens is 234 g/mol. The third kappa shape index (κ3) is 2.73. The average Bonchev–Trinajstić information content (AvgIpc) is 2.44. The highest BCUT2D eigenvalue weighted by molar-refractivity contribution is 5.82. The lowest BCUT2D eigenvalue weighted by molar-refractivity contribution is -0.131. The molecule has 1 aliphatic heterocycles. The number of amides is 1. The quantitative estimate of drug-likeness (QED) is 0.827. The van der Waals surface area contributed by atoms with Gasteiger partial charge < -0.3 is 19.9 Å². The van der Waals surface area contributed by atoms with Crippen LogP contribution >= 0.6 is 0 Å². The Kier molecular flexibility index (Phi) is 4.04. The van der Waals surface area contributed by atoms with Gasteiger partial charge in [0.15, 0.2) is 11.5 Å². The molecule has 1 heterocycles. The molecule has 2 rings (SSSR count). The number of hydrogen-bond acceptors (Lipinski definition) is 4. The molecule has 1 aromatic carbocycles. The fraction of sp³-hybridized carbons (Fsp3) is 0.462. The maximum Gasteiger partial charge on any atom is 0.264 e. The Labute approximate surface area is 106 Å². The lowest BCUT2D eigenvalue weighted by atomic mass is 10.2. The van der Waals surface area contributed by atoms with Crippen LogP contribution in [0.3, 0.4) is 0 Å². The van der Waals surface area contributed by atoms with Crippen molar-refractivity contribution in [2.24, 2.45) is 0 Å². The molecule has 0 radical (unpaired) electrons. The Balaban J connectivity index is 1.98. The summed E-state index contributed by atoms with van der Waals surface area (Å²) in [7, 11) is 0. The van der Waals surface area contributed by atoms with Crippen molar-refractivity contribution in [1.82, 2.24) is 5.32 Å². The minimum Gasteiger partial charge on any atom is -0.485 e. The number of hydrogen-bond donors (Lipinski definition) is 2. The first kappa shape index (κ1) is 12.7.